The predicted molar refractivity (Wildman–Crippen MR) is 77.8 cm³/mol. The maximum Gasteiger partial charge on any atom is 0.322 e. The van der Waals surface area contributed by atoms with Crippen molar-refractivity contribution in [2.75, 3.05) is 11.4 Å². The summed E-state index contributed by atoms with van der Waals surface area (Å²) >= 11 is 0. The molecule has 114 valence electrons. The number of benzene rings is 1. The van der Waals surface area contributed by atoms with Gasteiger partial charge < -0.3 is 16.2 Å². The van der Waals surface area contributed by atoms with E-state index < -0.39 is 23.9 Å². The molecule has 0 radical (unpaired) electrons. The summed E-state index contributed by atoms with van der Waals surface area (Å²) in [6.07, 6.45) is -0.153. The van der Waals surface area contributed by atoms with E-state index in [2.05, 4.69) is 5.32 Å². The van der Waals surface area contributed by atoms with Crippen molar-refractivity contribution < 1.29 is 19.5 Å². The van der Waals surface area contributed by atoms with Gasteiger partial charge in [0.05, 0.1) is 6.42 Å². The number of urea groups is 1. The molecule has 0 saturated carbocycles. The van der Waals surface area contributed by atoms with E-state index in [0.717, 1.165) is 0 Å². The number of carbonyl (C=O) groups excluding carboxylic acids is 2. The summed E-state index contributed by atoms with van der Waals surface area (Å²) < 4.78 is 0. The molecular weight excluding hydrogens is 274 g/mol. The van der Waals surface area contributed by atoms with Crippen LogP contribution in [0.1, 0.15) is 19.8 Å². The number of amides is 3. The third-order valence-corrected chi connectivity index (χ3v) is 2.74. The monoisotopic (exact) mass is 293 g/mol. The van der Waals surface area contributed by atoms with Crippen molar-refractivity contribution in [1.29, 1.82) is 0 Å². The lowest BCUT2D eigenvalue weighted by Gasteiger charge is -2.24. The van der Waals surface area contributed by atoms with Crippen molar-refractivity contribution in [2.24, 2.45) is 5.73 Å². The first-order valence-electron chi connectivity index (χ1n) is 6.53. The molecule has 1 atom stereocenters. The number of para-hydroxylation sites is 1. The average Bonchev–Trinajstić information content (AvgIpc) is 2.38. The third-order valence-electron chi connectivity index (χ3n) is 2.74. The van der Waals surface area contributed by atoms with Gasteiger partial charge in [0.2, 0.25) is 5.91 Å². The SMILES string of the molecule is CC(CC(N)=O)NC(=O)N(CCC(=O)O)c1ccccc1. The van der Waals surface area contributed by atoms with E-state index in [1.165, 1.54) is 4.90 Å². The Morgan fingerprint density at radius 1 is 1.29 bits per heavy atom. The van der Waals surface area contributed by atoms with Crippen LogP contribution in [0.5, 0.6) is 0 Å². The summed E-state index contributed by atoms with van der Waals surface area (Å²) in [5, 5.41) is 11.4. The van der Waals surface area contributed by atoms with E-state index in [1.54, 1.807) is 37.3 Å². The molecule has 7 nitrogen and oxygen atoms in total. The van der Waals surface area contributed by atoms with Crippen molar-refractivity contribution in [2.45, 2.75) is 25.8 Å². The van der Waals surface area contributed by atoms with E-state index in [0.29, 0.717) is 5.69 Å². The first-order valence-corrected chi connectivity index (χ1v) is 6.53. The highest BCUT2D eigenvalue weighted by atomic mass is 16.4. The van der Waals surface area contributed by atoms with Crippen molar-refractivity contribution >= 4 is 23.6 Å². The number of aliphatic carboxylic acids is 1. The topological polar surface area (TPSA) is 113 Å². The molecule has 1 aromatic carbocycles. The minimum Gasteiger partial charge on any atom is -0.481 e. The summed E-state index contributed by atoms with van der Waals surface area (Å²) in [6, 6.07) is 7.83. The Bertz CT molecular complexity index is 504. The standard InChI is InChI=1S/C14H19N3O4/c1-10(9-12(15)18)16-14(21)17(8-7-13(19)20)11-5-3-2-4-6-11/h2-6,10H,7-9H2,1H3,(H2,15,18)(H,16,21)(H,19,20). The van der Waals surface area contributed by atoms with Crippen molar-refractivity contribution in [1.82, 2.24) is 5.32 Å². The minimum atomic E-state index is -0.992. The van der Waals surface area contributed by atoms with Crippen LogP contribution in [-0.2, 0) is 9.59 Å². The maximum absolute atomic E-state index is 12.2. The van der Waals surface area contributed by atoms with Crippen LogP contribution in [0.4, 0.5) is 10.5 Å². The number of carboxylic acid groups (broad SMARTS) is 1. The number of anilines is 1. The van der Waals surface area contributed by atoms with Crippen molar-refractivity contribution in [3.05, 3.63) is 30.3 Å². The zero-order valence-electron chi connectivity index (χ0n) is 11.8. The molecular formula is C14H19N3O4. The van der Waals surface area contributed by atoms with E-state index >= 15 is 0 Å². The fourth-order valence-corrected chi connectivity index (χ4v) is 1.80. The van der Waals surface area contributed by atoms with Gasteiger partial charge in [-0.2, -0.15) is 0 Å². The summed E-state index contributed by atoms with van der Waals surface area (Å²) in [4.78, 5) is 35.1. The first-order chi connectivity index (χ1) is 9.90. The average molecular weight is 293 g/mol. The fourth-order valence-electron chi connectivity index (χ4n) is 1.80. The van der Waals surface area contributed by atoms with Gasteiger partial charge in [-0.15, -0.1) is 0 Å². The second-order valence-electron chi connectivity index (χ2n) is 4.65. The number of rotatable bonds is 7. The molecule has 0 fully saturated rings. The van der Waals surface area contributed by atoms with E-state index in [9.17, 15) is 14.4 Å². The van der Waals surface area contributed by atoms with E-state index in [4.69, 9.17) is 10.8 Å². The summed E-state index contributed by atoms with van der Waals surface area (Å²) in [5.74, 6) is -1.51. The van der Waals surface area contributed by atoms with Gasteiger partial charge in [-0.25, -0.2) is 4.79 Å². The highest BCUT2D eigenvalue weighted by molar-refractivity contribution is 5.93. The first kappa shape index (κ1) is 16.5. The van der Waals surface area contributed by atoms with Gasteiger partial charge in [0.25, 0.3) is 0 Å². The van der Waals surface area contributed by atoms with Crippen molar-refractivity contribution in [3.63, 3.8) is 0 Å². The van der Waals surface area contributed by atoms with Crippen LogP contribution in [0.3, 0.4) is 0 Å². The lowest BCUT2D eigenvalue weighted by Crippen LogP contribution is -2.46. The molecule has 4 N–H and O–H groups in total. The number of nitrogens with zero attached hydrogens (tertiary/aromatic N) is 1. The zero-order valence-corrected chi connectivity index (χ0v) is 11.8. The lowest BCUT2D eigenvalue weighted by molar-refractivity contribution is -0.136. The molecule has 0 aliphatic heterocycles. The maximum atomic E-state index is 12.2. The largest absolute Gasteiger partial charge is 0.481 e. The summed E-state index contributed by atoms with van der Waals surface area (Å²) in [5.41, 5.74) is 5.66. The Balaban J connectivity index is 2.78. The van der Waals surface area contributed by atoms with Crippen LogP contribution in [0, 0.1) is 0 Å². The molecule has 1 unspecified atom stereocenters. The molecule has 7 heteroatoms. The molecule has 0 aliphatic carbocycles. The smallest absolute Gasteiger partial charge is 0.322 e. The van der Waals surface area contributed by atoms with Gasteiger partial charge in [0, 0.05) is 24.7 Å². The van der Waals surface area contributed by atoms with Gasteiger partial charge in [0.1, 0.15) is 0 Å². The molecule has 0 spiro atoms. The number of carbonyl (C=O) groups is 3. The zero-order chi connectivity index (χ0) is 15.8. The molecule has 3 amide bonds. The summed E-state index contributed by atoms with van der Waals surface area (Å²) in [6.45, 7) is 1.69. The van der Waals surface area contributed by atoms with Crippen LogP contribution in [0.15, 0.2) is 30.3 Å². The highest BCUT2D eigenvalue weighted by Crippen LogP contribution is 2.14. The van der Waals surface area contributed by atoms with Gasteiger partial charge in [-0.3, -0.25) is 14.5 Å². The van der Waals surface area contributed by atoms with Gasteiger partial charge in [0.15, 0.2) is 0 Å². The fraction of sp³-hybridized carbons (Fsp3) is 0.357. The molecule has 0 aliphatic rings. The number of nitrogens with one attached hydrogen (secondary N) is 1. The highest BCUT2D eigenvalue weighted by Gasteiger charge is 2.19. The van der Waals surface area contributed by atoms with Crippen LogP contribution in [-0.4, -0.2) is 35.6 Å². The number of hydrogen-bond donors (Lipinski definition) is 3. The van der Waals surface area contributed by atoms with Crippen molar-refractivity contribution in [3.8, 4) is 0 Å². The van der Waals surface area contributed by atoms with Gasteiger partial charge in [-0.1, -0.05) is 18.2 Å². The normalized spacial score (nSPS) is 11.5. The van der Waals surface area contributed by atoms with Gasteiger partial charge in [-0.05, 0) is 19.1 Å². The Morgan fingerprint density at radius 3 is 2.43 bits per heavy atom. The predicted octanol–water partition coefficient (Wildman–Crippen LogP) is 0.941. The lowest BCUT2D eigenvalue weighted by atomic mass is 10.2. The molecule has 0 heterocycles. The Hall–Kier alpha value is -2.57. The molecule has 0 aromatic heterocycles. The second kappa shape index (κ2) is 7.88. The van der Waals surface area contributed by atoms with E-state index in [-0.39, 0.29) is 19.4 Å². The number of carboxylic acids is 1. The molecule has 1 aromatic rings. The molecule has 1 rings (SSSR count). The Kier molecular flexibility index (Phi) is 6.19. The Morgan fingerprint density at radius 2 is 1.90 bits per heavy atom. The minimum absolute atomic E-state index is 0.0211. The molecule has 21 heavy (non-hydrogen) atoms. The number of hydrogen-bond acceptors (Lipinski definition) is 3. The second-order valence-corrected chi connectivity index (χ2v) is 4.65. The van der Waals surface area contributed by atoms with Gasteiger partial charge >= 0.3 is 12.0 Å². The van der Waals surface area contributed by atoms with E-state index in [1.807, 2.05) is 0 Å². The van der Waals surface area contributed by atoms with Crippen LogP contribution < -0.4 is 16.0 Å². The number of nitrogens with two attached hydrogens (primary N) is 1. The number of primary amides is 1. The summed E-state index contributed by atoms with van der Waals surface area (Å²) in [7, 11) is 0. The van der Waals surface area contributed by atoms with Crippen LogP contribution in [0.2, 0.25) is 0 Å². The third kappa shape index (κ3) is 5.94. The Labute approximate surface area is 122 Å². The molecule has 0 bridgehead atoms. The van der Waals surface area contributed by atoms with Crippen LogP contribution >= 0.6 is 0 Å². The van der Waals surface area contributed by atoms with Crippen LogP contribution in [0.25, 0.3) is 0 Å². The quantitative estimate of drug-likeness (QED) is 0.694. The molecule has 0 saturated heterocycles.